The average molecular weight is 630 g/mol. The Hall–Kier alpha value is -5.37. The number of ether oxygens (including phenoxy) is 2. The third-order valence-corrected chi connectivity index (χ3v) is 8.83. The SMILES string of the molecule is CCn1cc(Cc2ccc(C(=O)OC(=O)N(c3ccccc3)c3ccccc3)cc2OC)c2cc(NC(=O)CC3CCCC3)ccc21. The Kier molecular flexibility index (Phi) is 9.67. The molecule has 8 nitrogen and oxygen atoms in total. The zero-order valence-corrected chi connectivity index (χ0v) is 26.8. The number of aryl methyl sites for hydroxylation is 1. The fourth-order valence-corrected chi connectivity index (χ4v) is 6.46. The summed E-state index contributed by atoms with van der Waals surface area (Å²) >= 11 is 0. The zero-order valence-electron chi connectivity index (χ0n) is 26.8. The first-order valence-corrected chi connectivity index (χ1v) is 16.2. The molecule has 0 atom stereocenters. The molecule has 0 aliphatic heterocycles. The Bertz CT molecular complexity index is 1840. The molecular formula is C39H39N3O5. The van der Waals surface area contributed by atoms with Gasteiger partial charge in [-0.15, -0.1) is 0 Å². The molecule has 47 heavy (non-hydrogen) atoms. The van der Waals surface area contributed by atoms with Crippen LogP contribution in [0.15, 0.2) is 103 Å². The maximum absolute atomic E-state index is 13.3. The first kappa shape index (κ1) is 31.6. The Labute approximate surface area is 274 Å². The van der Waals surface area contributed by atoms with Crippen molar-refractivity contribution in [2.75, 3.05) is 17.3 Å². The van der Waals surface area contributed by atoms with Crippen LogP contribution in [0.4, 0.5) is 21.9 Å². The zero-order chi connectivity index (χ0) is 32.8. The van der Waals surface area contributed by atoms with Gasteiger partial charge in [-0.25, -0.2) is 14.5 Å². The van der Waals surface area contributed by atoms with E-state index >= 15 is 0 Å². The molecule has 6 rings (SSSR count). The van der Waals surface area contributed by atoms with Crippen LogP contribution in [0.1, 0.15) is 60.5 Å². The molecule has 8 heteroatoms. The minimum Gasteiger partial charge on any atom is -0.496 e. The highest BCUT2D eigenvalue weighted by Crippen LogP contribution is 2.32. The number of nitrogens with one attached hydrogen (secondary N) is 1. The van der Waals surface area contributed by atoms with Crippen molar-refractivity contribution < 1.29 is 23.9 Å². The van der Waals surface area contributed by atoms with Crippen molar-refractivity contribution in [2.24, 2.45) is 5.92 Å². The lowest BCUT2D eigenvalue weighted by Gasteiger charge is -2.21. The number of aromatic nitrogens is 1. The van der Waals surface area contributed by atoms with E-state index in [-0.39, 0.29) is 11.5 Å². The van der Waals surface area contributed by atoms with Gasteiger partial charge in [0.2, 0.25) is 5.91 Å². The summed E-state index contributed by atoms with van der Waals surface area (Å²) in [4.78, 5) is 40.7. The van der Waals surface area contributed by atoms with E-state index in [4.69, 9.17) is 9.47 Å². The van der Waals surface area contributed by atoms with Gasteiger partial charge in [-0.2, -0.15) is 0 Å². The number of rotatable bonds is 10. The molecule has 1 heterocycles. The molecule has 4 aromatic carbocycles. The van der Waals surface area contributed by atoms with Crippen molar-refractivity contribution in [1.29, 1.82) is 0 Å². The van der Waals surface area contributed by atoms with E-state index < -0.39 is 12.1 Å². The van der Waals surface area contributed by atoms with Crippen LogP contribution in [0.2, 0.25) is 0 Å². The van der Waals surface area contributed by atoms with Gasteiger partial charge in [-0.05, 0) is 91.4 Å². The van der Waals surface area contributed by atoms with Crippen molar-refractivity contribution in [2.45, 2.75) is 52.0 Å². The predicted molar refractivity (Wildman–Crippen MR) is 184 cm³/mol. The smallest absolute Gasteiger partial charge is 0.426 e. The highest BCUT2D eigenvalue weighted by atomic mass is 16.6. The second-order valence-corrected chi connectivity index (χ2v) is 11.9. The van der Waals surface area contributed by atoms with Gasteiger partial charge in [-0.1, -0.05) is 55.3 Å². The Balaban J connectivity index is 1.21. The summed E-state index contributed by atoms with van der Waals surface area (Å²) in [5, 5.41) is 4.16. The van der Waals surface area contributed by atoms with Gasteiger partial charge < -0.3 is 19.4 Å². The molecule has 2 amide bonds. The third-order valence-electron chi connectivity index (χ3n) is 8.83. The first-order chi connectivity index (χ1) is 22.9. The van der Waals surface area contributed by atoms with E-state index in [1.54, 1.807) is 43.5 Å². The van der Waals surface area contributed by atoms with Crippen molar-refractivity contribution in [3.05, 3.63) is 120 Å². The van der Waals surface area contributed by atoms with Gasteiger partial charge in [0.05, 0.1) is 24.0 Å². The summed E-state index contributed by atoms with van der Waals surface area (Å²) in [6.07, 6.45) is 7.09. The molecular weight excluding hydrogens is 590 g/mol. The standard InChI is InChI=1S/C39H39N3O5/c1-3-41-26-30(34-25-31(20-21-35(34)41)40-37(43)22-27-12-10-11-13-27)23-28-18-19-29(24-36(28)46-2)38(44)47-39(45)42(32-14-6-4-7-15-32)33-16-8-5-9-17-33/h4-9,14-21,24-27H,3,10-13,22-23H2,1-2H3,(H,40,43). The molecule has 0 saturated heterocycles. The lowest BCUT2D eigenvalue weighted by atomic mass is 10.0. The number of hydrogen-bond donors (Lipinski definition) is 1. The number of carbonyl (C=O) groups excluding carboxylic acids is 3. The van der Waals surface area contributed by atoms with Gasteiger partial charge in [0, 0.05) is 42.2 Å². The molecule has 1 aromatic heterocycles. The lowest BCUT2D eigenvalue weighted by Crippen LogP contribution is -2.29. The fraction of sp³-hybridized carbons (Fsp3) is 0.256. The molecule has 1 aliphatic carbocycles. The quantitative estimate of drug-likeness (QED) is 0.123. The van der Waals surface area contributed by atoms with Gasteiger partial charge in [-0.3, -0.25) is 4.79 Å². The Morgan fingerprint density at radius 1 is 0.851 bits per heavy atom. The minimum absolute atomic E-state index is 0.0611. The molecule has 1 fully saturated rings. The lowest BCUT2D eigenvalue weighted by molar-refractivity contribution is -0.117. The van der Waals surface area contributed by atoms with Crippen LogP contribution in [0.5, 0.6) is 5.75 Å². The van der Waals surface area contributed by atoms with Crippen LogP contribution < -0.4 is 15.0 Å². The van der Waals surface area contributed by atoms with Crippen LogP contribution in [-0.4, -0.2) is 29.6 Å². The normalized spacial score (nSPS) is 13.0. The summed E-state index contributed by atoms with van der Waals surface area (Å²) in [5.41, 5.74) is 5.15. The molecule has 0 spiro atoms. The molecule has 0 radical (unpaired) electrons. The number of nitrogens with zero attached hydrogens (tertiary/aromatic N) is 2. The van der Waals surface area contributed by atoms with Gasteiger partial charge in [0.15, 0.2) is 0 Å². The first-order valence-electron chi connectivity index (χ1n) is 16.2. The summed E-state index contributed by atoms with van der Waals surface area (Å²) < 4.78 is 13.3. The van der Waals surface area contributed by atoms with Crippen LogP contribution in [0, 0.1) is 5.92 Å². The van der Waals surface area contributed by atoms with E-state index in [9.17, 15) is 14.4 Å². The topological polar surface area (TPSA) is 89.9 Å². The third kappa shape index (κ3) is 7.22. The molecule has 1 saturated carbocycles. The maximum Gasteiger partial charge on any atom is 0.426 e. The molecule has 5 aromatic rings. The number of carbonyl (C=O) groups is 3. The summed E-state index contributed by atoms with van der Waals surface area (Å²) in [6.45, 7) is 2.89. The van der Waals surface area contributed by atoms with Crippen molar-refractivity contribution in [3.63, 3.8) is 0 Å². The molecule has 1 N–H and O–H groups in total. The van der Waals surface area contributed by atoms with Gasteiger partial charge >= 0.3 is 12.1 Å². The van der Waals surface area contributed by atoms with E-state index in [0.29, 0.717) is 35.9 Å². The van der Waals surface area contributed by atoms with E-state index in [1.165, 1.54) is 17.7 Å². The van der Waals surface area contributed by atoms with E-state index in [0.717, 1.165) is 47.1 Å². The number of benzene rings is 4. The second-order valence-electron chi connectivity index (χ2n) is 11.9. The highest BCUT2D eigenvalue weighted by molar-refractivity contribution is 6.05. The molecule has 0 bridgehead atoms. The van der Waals surface area contributed by atoms with E-state index in [1.807, 2.05) is 54.6 Å². The monoisotopic (exact) mass is 629 g/mol. The average Bonchev–Trinajstić information content (AvgIpc) is 3.73. The number of anilines is 3. The number of hydrogen-bond acceptors (Lipinski definition) is 5. The fourth-order valence-electron chi connectivity index (χ4n) is 6.46. The van der Waals surface area contributed by atoms with Gasteiger partial charge in [0.25, 0.3) is 0 Å². The number of para-hydroxylation sites is 2. The number of esters is 1. The van der Waals surface area contributed by atoms with Crippen LogP contribution in [0.3, 0.4) is 0 Å². The largest absolute Gasteiger partial charge is 0.496 e. The van der Waals surface area contributed by atoms with E-state index in [2.05, 4.69) is 29.1 Å². The summed E-state index contributed by atoms with van der Waals surface area (Å²) in [7, 11) is 1.55. The number of fused-ring (bicyclic) bond motifs is 1. The minimum atomic E-state index is -0.811. The van der Waals surface area contributed by atoms with Crippen LogP contribution in [0.25, 0.3) is 10.9 Å². The van der Waals surface area contributed by atoms with Crippen LogP contribution >= 0.6 is 0 Å². The van der Waals surface area contributed by atoms with Gasteiger partial charge in [0.1, 0.15) is 5.75 Å². The molecule has 240 valence electrons. The van der Waals surface area contributed by atoms with Crippen LogP contribution in [-0.2, 0) is 22.5 Å². The highest BCUT2D eigenvalue weighted by Gasteiger charge is 2.24. The predicted octanol–water partition coefficient (Wildman–Crippen LogP) is 8.89. The summed E-state index contributed by atoms with van der Waals surface area (Å²) in [5.74, 6) is 0.268. The van der Waals surface area contributed by atoms with Crippen molar-refractivity contribution in [3.8, 4) is 5.75 Å². The second kappa shape index (κ2) is 14.4. The van der Waals surface area contributed by atoms with Crippen molar-refractivity contribution in [1.82, 2.24) is 4.57 Å². The molecule has 0 unspecified atom stereocenters. The Morgan fingerprint density at radius 2 is 1.53 bits per heavy atom. The Morgan fingerprint density at radius 3 is 2.17 bits per heavy atom. The number of amides is 2. The van der Waals surface area contributed by atoms with Crippen molar-refractivity contribution >= 4 is 45.9 Å². The molecule has 1 aliphatic rings. The maximum atomic E-state index is 13.3. The summed E-state index contributed by atoms with van der Waals surface area (Å²) in [6, 6.07) is 29.2. The number of methoxy groups -OCH3 is 1.